The van der Waals surface area contributed by atoms with Crippen molar-refractivity contribution in [3.05, 3.63) is 51.4 Å². The minimum atomic E-state index is -0.143. The van der Waals surface area contributed by atoms with Gasteiger partial charge in [0.1, 0.15) is 5.75 Å². The standard InChI is InChI=1S/C15H14Br2N2O2/c16-10-4-3-5-11(17)15(10)21-9-8-14(20)19-13-7-2-1-6-12(13)18/h1-7H,8-9,18H2,(H,19,20). The summed E-state index contributed by atoms with van der Waals surface area (Å²) in [5, 5.41) is 2.76. The molecule has 0 aromatic heterocycles. The van der Waals surface area contributed by atoms with Gasteiger partial charge in [0.05, 0.1) is 33.3 Å². The highest BCUT2D eigenvalue weighted by atomic mass is 79.9. The highest BCUT2D eigenvalue weighted by Gasteiger charge is 2.08. The van der Waals surface area contributed by atoms with E-state index in [1.54, 1.807) is 12.1 Å². The van der Waals surface area contributed by atoms with Gasteiger partial charge in [0.15, 0.2) is 0 Å². The van der Waals surface area contributed by atoms with Gasteiger partial charge < -0.3 is 15.8 Å². The number of amides is 1. The van der Waals surface area contributed by atoms with Crippen molar-refractivity contribution in [1.82, 2.24) is 0 Å². The molecule has 0 bridgehead atoms. The van der Waals surface area contributed by atoms with E-state index in [1.165, 1.54) is 0 Å². The van der Waals surface area contributed by atoms with E-state index >= 15 is 0 Å². The Labute approximate surface area is 139 Å². The first-order valence-corrected chi connectivity index (χ1v) is 7.87. The molecular formula is C15H14Br2N2O2. The number of ether oxygens (including phenoxy) is 1. The number of carbonyl (C=O) groups is 1. The summed E-state index contributed by atoms with van der Waals surface area (Å²) in [5.74, 6) is 0.542. The van der Waals surface area contributed by atoms with E-state index in [0.717, 1.165) is 8.95 Å². The van der Waals surface area contributed by atoms with Crippen molar-refractivity contribution in [1.29, 1.82) is 0 Å². The summed E-state index contributed by atoms with van der Waals surface area (Å²) in [6, 6.07) is 12.8. The van der Waals surface area contributed by atoms with Crippen molar-refractivity contribution in [2.24, 2.45) is 0 Å². The average Bonchev–Trinajstić information content (AvgIpc) is 2.45. The summed E-state index contributed by atoms with van der Waals surface area (Å²) in [4.78, 5) is 11.9. The first kappa shape index (κ1) is 15.9. The quantitative estimate of drug-likeness (QED) is 0.722. The monoisotopic (exact) mass is 412 g/mol. The second kappa shape index (κ2) is 7.47. The summed E-state index contributed by atoms with van der Waals surface area (Å²) in [5.41, 5.74) is 6.93. The van der Waals surface area contributed by atoms with Gasteiger partial charge in [-0.25, -0.2) is 0 Å². The molecule has 0 spiro atoms. The zero-order valence-electron chi connectivity index (χ0n) is 11.1. The molecule has 110 valence electrons. The highest BCUT2D eigenvalue weighted by molar-refractivity contribution is 9.11. The maximum absolute atomic E-state index is 11.9. The molecule has 3 N–H and O–H groups in total. The summed E-state index contributed by atoms with van der Waals surface area (Å²) in [7, 11) is 0. The van der Waals surface area contributed by atoms with Crippen LogP contribution in [0.15, 0.2) is 51.4 Å². The number of carbonyl (C=O) groups excluding carboxylic acids is 1. The van der Waals surface area contributed by atoms with E-state index in [4.69, 9.17) is 10.5 Å². The van der Waals surface area contributed by atoms with Crippen LogP contribution in [0.3, 0.4) is 0 Å². The lowest BCUT2D eigenvalue weighted by Crippen LogP contribution is -2.16. The number of hydrogen-bond donors (Lipinski definition) is 2. The van der Waals surface area contributed by atoms with Crippen LogP contribution < -0.4 is 15.8 Å². The molecule has 0 saturated carbocycles. The molecule has 0 heterocycles. The van der Waals surface area contributed by atoms with Crippen LogP contribution in [0, 0.1) is 0 Å². The van der Waals surface area contributed by atoms with Gasteiger partial charge in [-0.1, -0.05) is 18.2 Å². The Morgan fingerprint density at radius 3 is 2.43 bits per heavy atom. The van der Waals surface area contributed by atoms with Crippen molar-refractivity contribution in [2.45, 2.75) is 6.42 Å². The molecule has 1 amide bonds. The fourth-order valence-electron chi connectivity index (χ4n) is 1.69. The van der Waals surface area contributed by atoms with Gasteiger partial charge in [-0.2, -0.15) is 0 Å². The average molecular weight is 414 g/mol. The molecule has 0 atom stereocenters. The van der Waals surface area contributed by atoms with Crippen LogP contribution >= 0.6 is 31.9 Å². The molecule has 0 radical (unpaired) electrons. The molecule has 2 rings (SSSR count). The number of nitrogen functional groups attached to an aromatic ring is 1. The number of para-hydroxylation sites is 3. The van der Waals surface area contributed by atoms with Gasteiger partial charge in [-0.15, -0.1) is 0 Å². The van der Waals surface area contributed by atoms with Gasteiger partial charge in [0.25, 0.3) is 0 Å². The van der Waals surface area contributed by atoms with Gasteiger partial charge in [0.2, 0.25) is 5.91 Å². The van der Waals surface area contributed by atoms with Crippen LogP contribution in [0.5, 0.6) is 5.75 Å². The smallest absolute Gasteiger partial charge is 0.227 e. The lowest BCUT2D eigenvalue weighted by atomic mass is 10.2. The van der Waals surface area contributed by atoms with Crippen LogP contribution in [0.25, 0.3) is 0 Å². The first-order chi connectivity index (χ1) is 10.1. The predicted molar refractivity (Wildman–Crippen MR) is 91.4 cm³/mol. The highest BCUT2D eigenvalue weighted by Crippen LogP contribution is 2.33. The molecule has 0 fully saturated rings. The zero-order chi connectivity index (χ0) is 15.2. The Kier molecular flexibility index (Phi) is 5.64. The molecule has 0 unspecified atom stereocenters. The fraction of sp³-hybridized carbons (Fsp3) is 0.133. The SMILES string of the molecule is Nc1ccccc1NC(=O)CCOc1c(Br)cccc1Br. The van der Waals surface area contributed by atoms with E-state index in [9.17, 15) is 4.79 Å². The molecule has 21 heavy (non-hydrogen) atoms. The fourth-order valence-corrected chi connectivity index (χ4v) is 2.92. The van der Waals surface area contributed by atoms with Crippen molar-refractivity contribution < 1.29 is 9.53 Å². The third-order valence-corrected chi connectivity index (χ3v) is 3.98. The molecule has 0 aliphatic carbocycles. The van der Waals surface area contributed by atoms with Gasteiger partial charge >= 0.3 is 0 Å². The van der Waals surface area contributed by atoms with Crippen molar-refractivity contribution in [2.75, 3.05) is 17.7 Å². The molecule has 2 aromatic rings. The summed E-state index contributed by atoms with van der Waals surface area (Å²) >= 11 is 6.81. The van der Waals surface area contributed by atoms with E-state index in [0.29, 0.717) is 17.1 Å². The van der Waals surface area contributed by atoms with E-state index in [1.807, 2.05) is 30.3 Å². The van der Waals surface area contributed by atoms with Gasteiger partial charge in [0, 0.05) is 0 Å². The number of benzene rings is 2. The normalized spacial score (nSPS) is 10.2. The molecule has 0 aliphatic heterocycles. The molecule has 0 saturated heterocycles. The number of rotatable bonds is 5. The van der Waals surface area contributed by atoms with Crippen LogP contribution in [-0.2, 0) is 4.79 Å². The molecular weight excluding hydrogens is 400 g/mol. The maximum Gasteiger partial charge on any atom is 0.227 e. The number of hydrogen-bond acceptors (Lipinski definition) is 3. The molecule has 4 nitrogen and oxygen atoms in total. The topological polar surface area (TPSA) is 64.3 Å². The third-order valence-electron chi connectivity index (χ3n) is 2.73. The maximum atomic E-state index is 11.9. The van der Waals surface area contributed by atoms with Crippen LogP contribution in [0.4, 0.5) is 11.4 Å². The summed E-state index contributed by atoms with van der Waals surface area (Å²) < 4.78 is 7.30. The Hall–Kier alpha value is -1.53. The number of nitrogens with two attached hydrogens (primary N) is 1. The largest absolute Gasteiger partial charge is 0.491 e. The lowest BCUT2D eigenvalue weighted by molar-refractivity contribution is -0.116. The molecule has 2 aromatic carbocycles. The first-order valence-electron chi connectivity index (χ1n) is 6.29. The Morgan fingerprint density at radius 2 is 1.76 bits per heavy atom. The van der Waals surface area contributed by atoms with Crippen molar-refractivity contribution in [3.8, 4) is 5.75 Å². The van der Waals surface area contributed by atoms with Crippen LogP contribution in [0.2, 0.25) is 0 Å². The van der Waals surface area contributed by atoms with E-state index in [2.05, 4.69) is 37.2 Å². The number of anilines is 2. The van der Waals surface area contributed by atoms with Crippen molar-refractivity contribution >= 4 is 49.1 Å². The minimum absolute atomic E-state index is 0.143. The number of halogens is 2. The Morgan fingerprint density at radius 1 is 1.10 bits per heavy atom. The Bertz CT molecular complexity index is 627. The van der Waals surface area contributed by atoms with Gasteiger partial charge in [-0.3, -0.25) is 4.79 Å². The Balaban J connectivity index is 1.86. The predicted octanol–water partition coefficient (Wildman–Crippen LogP) is 4.20. The van der Waals surface area contributed by atoms with Crippen molar-refractivity contribution in [3.63, 3.8) is 0 Å². The third kappa shape index (κ3) is 4.47. The van der Waals surface area contributed by atoms with Crippen LogP contribution in [-0.4, -0.2) is 12.5 Å². The number of nitrogens with one attached hydrogen (secondary N) is 1. The van der Waals surface area contributed by atoms with Gasteiger partial charge in [-0.05, 0) is 56.1 Å². The molecule has 0 aliphatic rings. The van der Waals surface area contributed by atoms with E-state index in [-0.39, 0.29) is 18.9 Å². The summed E-state index contributed by atoms with van der Waals surface area (Å²) in [6.07, 6.45) is 0.238. The van der Waals surface area contributed by atoms with Crippen LogP contribution in [0.1, 0.15) is 6.42 Å². The zero-order valence-corrected chi connectivity index (χ0v) is 14.3. The molecule has 6 heteroatoms. The second-order valence-electron chi connectivity index (χ2n) is 4.28. The minimum Gasteiger partial charge on any atom is -0.491 e. The van der Waals surface area contributed by atoms with E-state index < -0.39 is 0 Å². The second-order valence-corrected chi connectivity index (χ2v) is 5.99. The lowest BCUT2D eigenvalue weighted by Gasteiger charge is -2.11. The summed E-state index contributed by atoms with van der Waals surface area (Å²) in [6.45, 7) is 0.278.